The summed E-state index contributed by atoms with van der Waals surface area (Å²) in [4.78, 5) is 39.3. The van der Waals surface area contributed by atoms with Gasteiger partial charge in [0, 0.05) is 30.5 Å². The lowest BCUT2D eigenvalue weighted by Gasteiger charge is -2.09. The summed E-state index contributed by atoms with van der Waals surface area (Å²) in [7, 11) is 0. The van der Waals surface area contributed by atoms with Crippen LogP contribution in [-0.4, -0.2) is 23.2 Å². The van der Waals surface area contributed by atoms with Crippen molar-refractivity contribution in [1.29, 1.82) is 0 Å². The van der Waals surface area contributed by atoms with Gasteiger partial charge in [-0.15, -0.1) is 0 Å². The lowest BCUT2D eigenvalue weighted by Crippen LogP contribution is -2.27. The molecule has 5 nitrogen and oxygen atoms in total. The van der Waals surface area contributed by atoms with Gasteiger partial charge in [0.25, 0.3) is 5.56 Å². The number of H-pyrrole nitrogens is 1. The third kappa shape index (κ3) is 4.96. The average molecular weight is 394 g/mol. The van der Waals surface area contributed by atoms with Gasteiger partial charge in [0.1, 0.15) is 5.82 Å². The molecule has 0 fully saturated rings. The molecule has 0 aliphatic carbocycles. The van der Waals surface area contributed by atoms with Crippen LogP contribution >= 0.6 is 0 Å². The van der Waals surface area contributed by atoms with E-state index in [0.29, 0.717) is 24.1 Å². The summed E-state index contributed by atoms with van der Waals surface area (Å²) < 4.78 is 12.9. The Kier molecular flexibility index (Phi) is 6.22. The summed E-state index contributed by atoms with van der Waals surface area (Å²) in [6, 6.07) is 11.1. The second kappa shape index (κ2) is 8.82. The lowest BCUT2D eigenvalue weighted by atomic mass is 10.0. The van der Waals surface area contributed by atoms with Crippen molar-refractivity contribution in [2.24, 2.45) is 0 Å². The number of amides is 1. The van der Waals surface area contributed by atoms with Crippen LogP contribution in [-0.2, 0) is 11.2 Å². The molecule has 0 unspecified atom stereocenters. The normalized spacial score (nSPS) is 10.9. The third-order valence-corrected chi connectivity index (χ3v) is 5.09. The van der Waals surface area contributed by atoms with Crippen LogP contribution in [0.3, 0.4) is 0 Å². The zero-order valence-electron chi connectivity index (χ0n) is 16.5. The second-order valence-corrected chi connectivity index (χ2v) is 7.13. The number of hydrogen-bond acceptors (Lipinski definition) is 3. The maximum Gasteiger partial charge on any atom is 0.251 e. The number of rotatable bonds is 7. The monoisotopic (exact) mass is 394 g/mol. The molecule has 0 saturated heterocycles. The summed E-state index contributed by atoms with van der Waals surface area (Å²) in [5, 5.41) is 3.70. The van der Waals surface area contributed by atoms with E-state index >= 15 is 0 Å². The van der Waals surface area contributed by atoms with E-state index in [1.54, 1.807) is 0 Å². The van der Waals surface area contributed by atoms with Crippen molar-refractivity contribution >= 4 is 22.6 Å². The van der Waals surface area contributed by atoms with Crippen LogP contribution in [0.5, 0.6) is 0 Å². The Hall–Kier alpha value is -3.28. The molecular weight excluding hydrogens is 371 g/mol. The van der Waals surface area contributed by atoms with Gasteiger partial charge in [-0.25, -0.2) is 4.39 Å². The van der Waals surface area contributed by atoms with E-state index in [-0.39, 0.29) is 30.1 Å². The zero-order valence-corrected chi connectivity index (χ0v) is 16.5. The van der Waals surface area contributed by atoms with Crippen molar-refractivity contribution in [3.8, 4) is 0 Å². The molecule has 1 amide bonds. The number of hydrogen-bond donors (Lipinski definition) is 2. The van der Waals surface area contributed by atoms with E-state index in [9.17, 15) is 18.8 Å². The van der Waals surface area contributed by atoms with Crippen LogP contribution in [0.1, 0.15) is 39.9 Å². The fourth-order valence-corrected chi connectivity index (χ4v) is 3.19. The largest absolute Gasteiger partial charge is 0.356 e. The quantitative estimate of drug-likeness (QED) is 0.601. The first-order valence-corrected chi connectivity index (χ1v) is 9.52. The van der Waals surface area contributed by atoms with Crippen LogP contribution in [0.2, 0.25) is 0 Å². The van der Waals surface area contributed by atoms with Gasteiger partial charge in [0.15, 0.2) is 5.78 Å². The Morgan fingerprint density at radius 3 is 2.48 bits per heavy atom. The average Bonchev–Trinajstić information content (AvgIpc) is 2.70. The predicted octanol–water partition coefficient (Wildman–Crippen LogP) is 3.61. The van der Waals surface area contributed by atoms with Crippen molar-refractivity contribution in [2.75, 3.05) is 6.54 Å². The standard InChI is InChI=1S/C23H23FN2O3/c1-14-3-4-17-13-18(23(29)26-22(17)15(14)2)11-12-25-21(28)10-9-20(27)16-5-7-19(24)8-6-16/h3-8,13H,9-12H2,1-2H3,(H,25,28)(H,26,29). The number of aryl methyl sites for hydroxylation is 2. The molecule has 2 aromatic carbocycles. The molecule has 0 aliphatic heterocycles. The van der Waals surface area contributed by atoms with Crippen LogP contribution in [0, 0.1) is 19.7 Å². The number of fused-ring (bicyclic) bond motifs is 1. The van der Waals surface area contributed by atoms with Crippen molar-refractivity contribution < 1.29 is 14.0 Å². The lowest BCUT2D eigenvalue weighted by molar-refractivity contribution is -0.121. The fourth-order valence-electron chi connectivity index (χ4n) is 3.19. The Balaban J connectivity index is 1.53. The topological polar surface area (TPSA) is 79.0 Å². The molecule has 6 heteroatoms. The maximum absolute atomic E-state index is 12.9. The van der Waals surface area contributed by atoms with Gasteiger partial charge in [-0.1, -0.05) is 12.1 Å². The van der Waals surface area contributed by atoms with Crippen LogP contribution in [0.4, 0.5) is 4.39 Å². The number of ketones is 1. The van der Waals surface area contributed by atoms with E-state index in [1.165, 1.54) is 24.3 Å². The van der Waals surface area contributed by atoms with Crippen molar-refractivity contribution in [3.63, 3.8) is 0 Å². The first-order chi connectivity index (χ1) is 13.8. The molecule has 1 aromatic heterocycles. The molecule has 3 rings (SSSR count). The number of Topliss-reactive ketones (excluding diaryl/α,β-unsaturated/α-hetero) is 1. The van der Waals surface area contributed by atoms with E-state index in [4.69, 9.17) is 0 Å². The molecule has 0 atom stereocenters. The molecule has 2 N–H and O–H groups in total. The third-order valence-electron chi connectivity index (χ3n) is 5.09. The molecule has 1 heterocycles. The molecule has 0 radical (unpaired) electrons. The predicted molar refractivity (Wildman–Crippen MR) is 111 cm³/mol. The van der Waals surface area contributed by atoms with Crippen LogP contribution in [0.15, 0.2) is 47.3 Å². The van der Waals surface area contributed by atoms with E-state index in [0.717, 1.165) is 22.0 Å². The fraction of sp³-hybridized carbons (Fsp3) is 0.261. The molecule has 0 bridgehead atoms. The Bertz CT molecular complexity index is 1120. The minimum Gasteiger partial charge on any atom is -0.356 e. The molecule has 0 saturated carbocycles. The van der Waals surface area contributed by atoms with Gasteiger partial charge in [-0.05, 0) is 67.1 Å². The molecule has 0 spiro atoms. The number of nitrogens with one attached hydrogen (secondary N) is 2. The van der Waals surface area contributed by atoms with Gasteiger partial charge in [0.2, 0.25) is 5.91 Å². The van der Waals surface area contributed by atoms with Crippen molar-refractivity contribution in [2.45, 2.75) is 33.1 Å². The molecule has 150 valence electrons. The number of carbonyl (C=O) groups excluding carboxylic acids is 2. The van der Waals surface area contributed by atoms with Gasteiger partial charge in [0.05, 0.1) is 5.52 Å². The highest BCUT2D eigenvalue weighted by atomic mass is 19.1. The first kappa shape index (κ1) is 20.5. The van der Waals surface area contributed by atoms with Crippen LogP contribution < -0.4 is 10.9 Å². The number of benzene rings is 2. The van der Waals surface area contributed by atoms with E-state index in [1.807, 2.05) is 32.0 Å². The number of aromatic nitrogens is 1. The van der Waals surface area contributed by atoms with E-state index < -0.39 is 5.82 Å². The number of halogens is 1. The molecular formula is C23H23FN2O3. The number of pyridine rings is 1. The van der Waals surface area contributed by atoms with Crippen molar-refractivity contribution in [3.05, 3.63) is 80.9 Å². The Morgan fingerprint density at radius 1 is 1.03 bits per heavy atom. The summed E-state index contributed by atoms with van der Waals surface area (Å²) in [5.74, 6) is -0.880. The molecule has 0 aliphatic rings. The van der Waals surface area contributed by atoms with Crippen LogP contribution in [0.25, 0.3) is 10.9 Å². The number of aromatic amines is 1. The smallest absolute Gasteiger partial charge is 0.251 e. The Morgan fingerprint density at radius 2 is 1.76 bits per heavy atom. The number of carbonyl (C=O) groups is 2. The van der Waals surface area contributed by atoms with Gasteiger partial charge >= 0.3 is 0 Å². The van der Waals surface area contributed by atoms with Gasteiger partial charge < -0.3 is 10.3 Å². The molecule has 29 heavy (non-hydrogen) atoms. The maximum atomic E-state index is 12.9. The summed E-state index contributed by atoms with van der Waals surface area (Å²) in [5.41, 5.74) is 3.82. The van der Waals surface area contributed by atoms with Crippen molar-refractivity contribution in [1.82, 2.24) is 10.3 Å². The minimum atomic E-state index is -0.409. The highest BCUT2D eigenvalue weighted by Crippen LogP contribution is 2.18. The SMILES string of the molecule is Cc1ccc2cc(CCNC(=O)CCC(=O)c3ccc(F)cc3)c(=O)[nH]c2c1C. The Labute approximate surface area is 168 Å². The second-order valence-electron chi connectivity index (χ2n) is 7.13. The highest BCUT2D eigenvalue weighted by molar-refractivity contribution is 5.97. The highest BCUT2D eigenvalue weighted by Gasteiger charge is 2.10. The molecule has 3 aromatic rings. The van der Waals surface area contributed by atoms with Gasteiger partial charge in [-0.2, -0.15) is 0 Å². The minimum absolute atomic E-state index is 0.0444. The zero-order chi connectivity index (χ0) is 21.0. The first-order valence-electron chi connectivity index (χ1n) is 9.52. The van der Waals surface area contributed by atoms with E-state index in [2.05, 4.69) is 10.3 Å². The summed E-state index contributed by atoms with van der Waals surface area (Å²) in [6.07, 6.45) is 0.491. The summed E-state index contributed by atoms with van der Waals surface area (Å²) >= 11 is 0. The van der Waals surface area contributed by atoms with Gasteiger partial charge in [-0.3, -0.25) is 14.4 Å². The summed E-state index contributed by atoms with van der Waals surface area (Å²) in [6.45, 7) is 4.28.